The van der Waals surface area contributed by atoms with Gasteiger partial charge >= 0.3 is 0 Å². The molecule has 0 aliphatic carbocycles. The quantitative estimate of drug-likeness (QED) is 0.501. The highest BCUT2D eigenvalue weighted by Crippen LogP contribution is 2.28. The molecule has 0 aliphatic rings. The van der Waals surface area contributed by atoms with Gasteiger partial charge in [-0.2, -0.15) is 0 Å². The van der Waals surface area contributed by atoms with E-state index in [1.807, 2.05) is 50.4 Å². The fourth-order valence-corrected chi connectivity index (χ4v) is 2.83. The van der Waals surface area contributed by atoms with Gasteiger partial charge in [0, 0.05) is 33.7 Å². The zero-order valence-electron chi connectivity index (χ0n) is 17.6. The summed E-state index contributed by atoms with van der Waals surface area (Å²) in [7, 11) is 5.35. The fraction of sp³-hybridized carbons (Fsp3) is 0.364. The highest BCUT2D eigenvalue weighted by Gasteiger charge is 2.10. The third-order valence-corrected chi connectivity index (χ3v) is 4.25. The van der Waals surface area contributed by atoms with Crippen LogP contribution >= 0.6 is 0 Å². The number of nitrogens with one attached hydrogen (secondary N) is 2. The van der Waals surface area contributed by atoms with E-state index in [0.29, 0.717) is 24.6 Å². The molecule has 0 bridgehead atoms. The van der Waals surface area contributed by atoms with Gasteiger partial charge < -0.3 is 25.0 Å². The number of benzene rings is 2. The second-order valence-electron chi connectivity index (χ2n) is 6.47. The number of methoxy groups -OCH3 is 1. The van der Waals surface area contributed by atoms with Crippen LogP contribution in [0.3, 0.4) is 0 Å². The first-order chi connectivity index (χ1) is 14.1. The van der Waals surface area contributed by atoms with Crippen molar-refractivity contribution in [1.82, 2.24) is 15.5 Å². The molecule has 156 valence electrons. The van der Waals surface area contributed by atoms with Crippen LogP contribution in [0.5, 0.6) is 11.5 Å². The van der Waals surface area contributed by atoms with E-state index < -0.39 is 0 Å². The van der Waals surface area contributed by atoms with E-state index in [9.17, 15) is 4.79 Å². The van der Waals surface area contributed by atoms with Crippen LogP contribution in [0.15, 0.2) is 53.5 Å². The summed E-state index contributed by atoms with van der Waals surface area (Å²) in [6.07, 6.45) is 0. The van der Waals surface area contributed by atoms with Crippen LogP contribution < -0.4 is 20.1 Å². The Morgan fingerprint density at radius 1 is 1.07 bits per heavy atom. The number of hydrogen-bond donors (Lipinski definition) is 2. The lowest BCUT2D eigenvalue weighted by Crippen LogP contribution is -2.38. The molecule has 7 nitrogen and oxygen atoms in total. The Bertz CT molecular complexity index is 809. The van der Waals surface area contributed by atoms with Gasteiger partial charge in [0.2, 0.25) is 0 Å². The molecule has 7 heteroatoms. The average Bonchev–Trinajstić information content (AvgIpc) is 2.74. The van der Waals surface area contributed by atoms with Crippen molar-refractivity contribution in [2.45, 2.75) is 20.0 Å². The van der Waals surface area contributed by atoms with Crippen LogP contribution in [-0.4, -0.2) is 51.1 Å². The highest BCUT2D eigenvalue weighted by molar-refractivity contribution is 5.79. The summed E-state index contributed by atoms with van der Waals surface area (Å²) in [4.78, 5) is 18.0. The van der Waals surface area contributed by atoms with Gasteiger partial charge in [-0.15, -0.1) is 0 Å². The predicted octanol–water partition coefficient (Wildman–Crippen LogP) is 2.42. The Kier molecular flexibility index (Phi) is 8.82. The minimum atomic E-state index is -0.162. The van der Waals surface area contributed by atoms with E-state index >= 15 is 0 Å². The first-order valence-electron chi connectivity index (χ1n) is 9.59. The Morgan fingerprint density at radius 2 is 1.83 bits per heavy atom. The summed E-state index contributed by atoms with van der Waals surface area (Å²) < 4.78 is 11.0. The van der Waals surface area contributed by atoms with Crippen molar-refractivity contribution in [3.8, 4) is 11.5 Å². The molecule has 2 aromatic carbocycles. The second kappa shape index (κ2) is 11.6. The molecule has 0 heterocycles. The van der Waals surface area contributed by atoms with Gasteiger partial charge in [0.15, 0.2) is 24.1 Å². The molecular formula is C22H30N4O3. The molecule has 29 heavy (non-hydrogen) atoms. The number of carbonyl (C=O) groups excluding carboxylic acids is 1. The lowest BCUT2D eigenvalue weighted by molar-refractivity contribution is -0.123. The normalized spacial score (nSPS) is 11.0. The van der Waals surface area contributed by atoms with Crippen molar-refractivity contribution in [2.24, 2.45) is 4.99 Å². The molecule has 0 saturated heterocycles. The summed E-state index contributed by atoms with van der Waals surface area (Å²) in [6, 6.07) is 15.9. The van der Waals surface area contributed by atoms with Crippen molar-refractivity contribution < 1.29 is 14.3 Å². The Morgan fingerprint density at radius 3 is 2.48 bits per heavy atom. The zero-order chi connectivity index (χ0) is 21.1. The van der Waals surface area contributed by atoms with E-state index in [-0.39, 0.29) is 12.5 Å². The van der Waals surface area contributed by atoms with E-state index in [1.54, 1.807) is 14.2 Å². The number of guanidine groups is 1. The fourth-order valence-electron chi connectivity index (χ4n) is 2.83. The van der Waals surface area contributed by atoms with Crippen LogP contribution in [0.2, 0.25) is 0 Å². The summed E-state index contributed by atoms with van der Waals surface area (Å²) >= 11 is 0. The van der Waals surface area contributed by atoms with Gasteiger partial charge in [0.05, 0.1) is 7.11 Å². The number of nitrogens with zero attached hydrogens (tertiary/aromatic N) is 2. The molecule has 0 aliphatic heterocycles. The van der Waals surface area contributed by atoms with E-state index in [1.165, 1.54) is 5.56 Å². The molecule has 2 rings (SSSR count). The first kappa shape index (κ1) is 22.1. The Balaban J connectivity index is 1.95. The van der Waals surface area contributed by atoms with Crippen LogP contribution in [0.1, 0.15) is 18.1 Å². The lowest BCUT2D eigenvalue weighted by Gasteiger charge is -2.22. The smallest absolute Gasteiger partial charge is 0.257 e. The molecule has 0 radical (unpaired) electrons. The summed E-state index contributed by atoms with van der Waals surface area (Å²) in [5.41, 5.74) is 2.23. The molecule has 0 saturated carbocycles. The van der Waals surface area contributed by atoms with Gasteiger partial charge in [-0.3, -0.25) is 9.79 Å². The minimum absolute atomic E-state index is 0.0429. The topological polar surface area (TPSA) is 75.2 Å². The summed E-state index contributed by atoms with van der Waals surface area (Å²) in [6.45, 7) is 3.74. The number of hydrogen-bond acceptors (Lipinski definition) is 4. The molecule has 0 aromatic heterocycles. The third-order valence-electron chi connectivity index (χ3n) is 4.25. The third kappa shape index (κ3) is 7.03. The standard InChI is InChI=1S/C22H30N4O3/c1-5-24-21(27)16-29-19-12-11-18(13-20(19)28-4)14-25-22(23-2)26(3)15-17-9-7-6-8-10-17/h6-13H,5,14-16H2,1-4H3,(H,23,25)(H,24,27). The molecule has 2 aromatic rings. The van der Waals surface area contributed by atoms with Crippen molar-refractivity contribution in [3.63, 3.8) is 0 Å². The minimum Gasteiger partial charge on any atom is -0.493 e. The van der Waals surface area contributed by atoms with E-state index in [0.717, 1.165) is 18.1 Å². The van der Waals surface area contributed by atoms with Crippen molar-refractivity contribution >= 4 is 11.9 Å². The largest absolute Gasteiger partial charge is 0.493 e. The maximum atomic E-state index is 11.6. The van der Waals surface area contributed by atoms with E-state index in [4.69, 9.17) is 9.47 Å². The number of likely N-dealkylation sites (N-methyl/N-ethyl adjacent to an activating group) is 1. The number of ether oxygens (including phenoxy) is 2. The molecule has 0 atom stereocenters. The Labute approximate surface area is 172 Å². The van der Waals surface area contributed by atoms with Crippen LogP contribution in [0, 0.1) is 0 Å². The maximum Gasteiger partial charge on any atom is 0.257 e. The summed E-state index contributed by atoms with van der Waals surface area (Å²) in [5, 5.41) is 6.06. The van der Waals surface area contributed by atoms with Crippen molar-refractivity contribution in [3.05, 3.63) is 59.7 Å². The average molecular weight is 399 g/mol. The van der Waals surface area contributed by atoms with Gasteiger partial charge in [-0.05, 0) is 30.2 Å². The number of aliphatic imine (C=N–C) groups is 1. The summed E-state index contributed by atoms with van der Waals surface area (Å²) in [5.74, 6) is 1.75. The maximum absolute atomic E-state index is 11.6. The molecule has 0 unspecified atom stereocenters. The lowest BCUT2D eigenvalue weighted by atomic mass is 10.2. The Hall–Kier alpha value is -3.22. The van der Waals surface area contributed by atoms with Gasteiger partial charge in [0.25, 0.3) is 5.91 Å². The monoisotopic (exact) mass is 398 g/mol. The SMILES string of the molecule is CCNC(=O)COc1ccc(CNC(=NC)N(C)Cc2ccccc2)cc1OC. The second-order valence-corrected chi connectivity index (χ2v) is 6.47. The predicted molar refractivity (Wildman–Crippen MR) is 115 cm³/mol. The number of carbonyl (C=O) groups is 1. The van der Waals surface area contributed by atoms with Crippen molar-refractivity contribution in [2.75, 3.05) is 34.4 Å². The molecule has 1 amide bonds. The van der Waals surface area contributed by atoms with Gasteiger partial charge in [0.1, 0.15) is 0 Å². The molecule has 0 fully saturated rings. The highest BCUT2D eigenvalue weighted by atomic mass is 16.5. The van der Waals surface area contributed by atoms with Crippen LogP contribution in [-0.2, 0) is 17.9 Å². The molecule has 2 N–H and O–H groups in total. The zero-order valence-corrected chi connectivity index (χ0v) is 17.6. The van der Waals surface area contributed by atoms with Crippen LogP contribution in [0.25, 0.3) is 0 Å². The molecule has 0 spiro atoms. The molecular weight excluding hydrogens is 368 g/mol. The number of rotatable bonds is 9. The van der Waals surface area contributed by atoms with Gasteiger partial charge in [-0.1, -0.05) is 36.4 Å². The first-order valence-corrected chi connectivity index (χ1v) is 9.59. The van der Waals surface area contributed by atoms with E-state index in [2.05, 4.69) is 32.7 Å². The van der Waals surface area contributed by atoms with Crippen LogP contribution in [0.4, 0.5) is 0 Å². The number of amides is 1. The van der Waals surface area contributed by atoms with Crippen molar-refractivity contribution in [1.29, 1.82) is 0 Å². The van der Waals surface area contributed by atoms with Gasteiger partial charge in [-0.25, -0.2) is 0 Å².